The van der Waals surface area contributed by atoms with Crippen LogP contribution in [-0.4, -0.2) is 12.5 Å². The summed E-state index contributed by atoms with van der Waals surface area (Å²) in [6.07, 6.45) is 4.74. The molecule has 0 aromatic heterocycles. The normalized spacial score (nSPS) is 20.4. The molecule has 2 rings (SSSR count). The molecule has 0 heterocycles. The number of carbonyl (C=O) groups is 1. The second-order valence-electron chi connectivity index (χ2n) is 6.50. The minimum atomic E-state index is -0.201. The number of benzene rings is 1. The van der Waals surface area contributed by atoms with Gasteiger partial charge in [-0.2, -0.15) is 0 Å². The van der Waals surface area contributed by atoms with Gasteiger partial charge in [-0.05, 0) is 48.8 Å². The van der Waals surface area contributed by atoms with Crippen molar-refractivity contribution < 1.29 is 4.79 Å². The quantitative estimate of drug-likeness (QED) is 0.784. The van der Waals surface area contributed by atoms with E-state index >= 15 is 0 Å². The molecule has 1 amide bonds. The molecule has 0 spiro atoms. The first-order valence-electron chi connectivity index (χ1n) is 7.60. The third-order valence-corrected chi connectivity index (χ3v) is 4.38. The predicted octanol–water partition coefficient (Wildman–Crippen LogP) is 2.95. The third kappa shape index (κ3) is 3.60. The van der Waals surface area contributed by atoms with Crippen molar-refractivity contribution >= 4 is 5.91 Å². The predicted molar refractivity (Wildman–Crippen MR) is 82.3 cm³/mol. The van der Waals surface area contributed by atoms with Gasteiger partial charge in [0.1, 0.15) is 0 Å². The minimum absolute atomic E-state index is 0.201. The number of hydrogen-bond acceptors (Lipinski definition) is 2. The molecule has 1 aromatic rings. The molecule has 3 heteroatoms. The summed E-state index contributed by atoms with van der Waals surface area (Å²) in [6.45, 7) is 5.61. The molecule has 1 aromatic carbocycles. The molecule has 0 aliphatic heterocycles. The van der Waals surface area contributed by atoms with Crippen LogP contribution in [-0.2, 0) is 11.2 Å². The lowest BCUT2D eigenvalue weighted by Gasteiger charge is -2.40. The SMILES string of the molecule is CC1(C)CCc2ccccc2C1NCCCCC(N)=O. The van der Waals surface area contributed by atoms with Crippen LogP contribution in [0, 0.1) is 5.41 Å². The molecule has 1 unspecified atom stereocenters. The highest BCUT2D eigenvalue weighted by Gasteiger charge is 2.34. The summed E-state index contributed by atoms with van der Waals surface area (Å²) in [7, 11) is 0. The number of aryl methyl sites for hydroxylation is 1. The summed E-state index contributed by atoms with van der Waals surface area (Å²) in [5.74, 6) is -0.201. The number of primary amides is 1. The van der Waals surface area contributed by atoms with E-state index in [2.05, 4.69) is 43.4 Å². The fraction of sp³-hybridized carbons (Fsp3) is 0.588. The van der Waals surface area contributed by atoms with Crippen molar-refractivity contribution in [3.05, 3.63) is 35.4 Å². The Hall–Kier alpha value is -1.35. The van der Waals surface area contributed by atoms with Crippen LogP contribution >= 0.6 is 0 Å². The maximum Gasteiger partial charge on any atom is 0.217 e. The van der Waals surface area contributed by atoms with Gasteiger partial charge in [-0.3, -0.25) is 4.79 Å². The number of fused-ring (bicyclic) bond motifs is 1. The molecule has 1 aliphatic rings. The van der Waals surface area contributed by atoms with Crippen molar-refractivity contribution in [2.24, 2.45) is 11.1 Å². The average Bonchev–Trinajstić information content (AvgIpc) is 2.40. The Bertz CT molecular complexity index is 468. The van der Waals surface area contributed by atoms with E-state index in [1.807, 2.05) is 0 Å². The molecule has 0 radical (unpaired) electrons. The molecular weight excluding hydrogens is 248 g/mol. The molecule has 0 fully saturated rings. The van der Waals surface area contributed by atoms with Gasteiger partial charge in [0.15, 0.2) is 0 Å². The van der Waals surface area contributed by atoms with Crippen molar-refractivity contribution in [2.45, 2.75) is 52.0 Å². The second-order valence-corrected chi connectivity index (χ2v) is 6.50. The highest BCUT2D eigenvalue weighted by Crippen LogP contribution is 2.43. The zero-order chi connectivity index (χ0) is 14.6. The number of hydrogen-bond donors (Lipinski definition) is 2. The van der Waals surface area contributed by atoms with Gasteiger partial charge >= 0.3 is 0 Å². The van der Waals surface area contributed by atoms with Crippen molar-refractivity contribution in [3.8, 4) is 0 Å². The lowest BCUT2D eigenvalue weighted by Crippen LogP contribution is -2.38. The molecule has 0 saturated heterocycles. The average molecular weight is 274 g/mol. The molecule has 0 bridgehead atoms. The number of nitrogens with one attached hydrogen (secondary N) is 1. The van der Waals surface area contributed by atoms with Gasteiger partial charge in [-0.25, -0.2) is 0 Å². The number of unbranched alkanes of at least 4 members (excludes halogenated alkanes) is 1. The first-order valence-corrected chi connectivity index (χ1v) is 7.60. The first-order chi connectivity index (χ1) is 9.50. The Morgan fingerprint density at radius 2 is 2.10 bits per heavy atom. The first kappa shape index (κ1) is 15.0. The highest BCUT2D eigenvalue weighted by molar-refractivity contribution is 5.73. The summed E-state index contributed by atoms with van der Waals surface area (Å²) >= 11 is 0. The summed E-state index contributed by atoms with van der Waals surface area (Å²) in [5.41, 5.74) is 8.36. The number of carbonyl (C=O) groups excluding carboxylic acids is 1. The number of nitrogens with two attached hydrogens (primary N) is 1. The highest BCUT2D eigenvalue weighted by atomic mass is 16.1. The second kappa shape index (κ2) is 6.40. The Morgan fingerprint density at radius 3 is 2.85 bits per heavy atom. The van der Waals surface area contributed by atoms with E-state index in [0.717, 1.165) is 19.4 Å². The lowest BCUT2D eigenvalue weighted by atomic mass is 9.70. The van der Waals surface area contributed by atoms with Gasteiger partial charge < -0.3 is 11.1 Å². The smallest absolute Gasteiger partial charge is 0.217 e. The summed E-state index contributed by atoms with van der Waals surface area (Å²) in [6, 6.07) is 9.15. The summed E-state index contributed by atoms with van der Waals surface area (Å²) in [5, 5.41) is 3.69. The van der Waals surface area contributed by atoms with E-state index in [1.165, 1.54) is 24.0 Å². The van der Waals surface area contributed by atoms with Crippen LogP contribution in [0.4, 0.5) is 0 Å². The Morgan fingerprint density at radius 1 is 1.35 bits per heavy atom. The molecule has 1 aliphatic carbocycles. The van der Waals surface area contributed by atoms with Gasteiger partial charge in [-0.15, -0.1) is 0 Å². The Balaban J connectivity index is 1.96. The van der Waals surface area contributed by atoms with E-state index in [0.29, 0.717) is 12.5 Å². The van der Waals surface area contributed by atoms with Crippen LogP contribution in [0.3, 0.4) is 0 Å². The van der Waals surface area contributed by atoms with Crippen LogP contribution in [0.25, 0.3) is 0 Å². The molecule has 3 N–H and O–H groups in total. The minimum Gasteiger partial charge on any atom is -0.370 e. The van der Waals surface area contributed by atoms with Gasteiger partial charge in [0.05, 0.1) is 0 Å². The van der Waals surface area contributed by atoms with E-state index < -0.39 is 0 Å². The summed E-state index contributed by atoms with van der Waals surface area (Å²) < 4.78 is 0. The number of rotatable bonds is 6. The Kier molecular flexibility index (Phi) is 4.81. The summed E-state index contributed by atoms with van der Waals surface area (Å²) in [4.78, 5) is 10.7. The molecule has 3 nitrogen and oxygen atoms in total. The lowest BCUT2D eigenvalue weighted by molar-refractivity contribution is -0.118. The van der Waals surface area contributed by atoms with Crippen molar-refractivity contribution in [1.82, 2.24) is 5.32 Å². The van der Waals surface area contributed by atoms with Crippen LogP contribution in [0.5, 0.6) is 0 Å². The number of amides is 1. The zero-order valence-electron chi connectivity index (χ0n) is 12.6. The van der Waals surface area contributed by atoms with Crippen LogP contribution in [0.1, 0.15) is 56.7 Å². The monoisotopic (exact) mass is 274 g/mol. The van der Waals surface area contributed by atoms with E-state index in [-0.39, 0.29) is 11.3 Å². The fourth-order valence-corrected chi connectivity index (χ4v) is 3.12. The van der Waals surface area contributed by atoms with Crippen molar-refractivity contribution in [2.75, 3.05) is 6.54 Å². The third-order valence-electron chi connectivity index (χ3n) is 4.38. The molecule has 110 valence electrons. The van der Waals surface area contributed by atoms with Gasteiger partial charge in [0.2, 0.25) is 5.91 Å². The molecule has 1 atom stereocenters. The molecule has 0 saturated carbocycles. The van der Waals surface area contributed by atoms with Crippen molar-refractivity contribution in [1.29, 1.82) is 0 Å². The van der Waals surface area contributed by atoms with E-state index in [4.69, 9.17) is 5.73 Å². The molecule has 20 heavy (non-hydrogen) atoms. The maximum atomic E-state index is 10.7. The van der Waals surface area contributed by atoms with Gasteiger partial charge in [-0.1, -0.05) is 38.1 Å². The van der Waals surface area contributed by atoms with E-state index in [1.54, 1.807) is 0 Å². The van der Waals surface area contributed by atoms with E-state index in [9.17, 15) is 4.79 Å². The Labute approximate surface area is 121 Å². The van der Waals surface area contributed by atoms with Crippen LogP contribution in [0.15, 0.2) is 24.3 Å². The van der Waals surface area contributed by atoms with Crippen molar-refractivity contribution in [3.63, 3.8) is 0 Å². The largest absolute Gasteiger partial charge is 0.370 e. The fourth-order valence-electron chi connectivity index (χ4n) is 3.12. The standard InChI is InChI=1S/C17H26N2O/c1-17(2)11-10-13-7-3-4-8-14(13)16(17)19-12-6-5-9-15(18)20/h3-4,7-8,16,19H,5-6,9-12H2,1-2H3,(H2,18,20). The maximum absolute atomic E-state index is 10.7. The zero-order valence-corrected chi connectivity index (χ0v) is 12.6. The van der Waals surface area contributed by atoms with Crippen LogP contribution in [0.2, 0.25) is 0 Å². The van der Waals surface area contributed by atoms with Gasteiger partial charge in [0, 0.05) is 12.5 Å². The molecular formula is C17H26N2O. The topological polar surface area (TPSA) is 55.1 Å². The van der Waals surface area contributed by atoms with Crippen LogP contribution < -0.4 is 11.1 Å². The van der Waals surface area contributed by atoms with Gasteiger partial charge in [0.25, 0.3) is 0 Å².